The molecule has 0 aromatic rings. The molecule has 1 N–H and O–H groups in total. The highest BCUT2D eigenvalue weighted by atomic mass is 16.5. The summed E-state index contributed by atoms with van der Waals surface area (Å²) in [5.74, 6) is 0. The molecule has 0 spiro atoms. The van der Waals surface area contributed by atoms with Crippen LogP contribution in [0.1, 0.15) is 12.8 Å². The lowest BCUT2D eigenvalue weighted by atomic mass is 10.2. The van der Waals surface area contributed by atoms with Crippen LogP contribution in [0.25, 0.3) is 0 Å². The second kappa shape index (κ2) is 2.37. The number of hydrogen-bond acceptors (Lipinski definition) is 2. The second-order valence-electron chi connectivity index (χ2n) is 3.15. The molecule has 2 saturated heterocycles. The molecule has 4 heteroatoms. The summed E-state index contributed by atoms with van der Waals surface area (Å²) >= 11 is 0. The van der Waals surface area contributed by atoms with E-state index in [1.54, 1.807) is 0 Å². The first-order valence-electron chi connectivity index (χ1n) is 3.89. The molecule has 0 saturated carbocycles. The number of carboxylic acid groups (broad SMARTS) is 1. The van der Waals surface area contributed by atoms with E-state index in [1.807, 2.05) is 0 Å². The van der Waals surface area contributed by atoms with Crippen LogP contribution < -0.4 is 0 Å². The van der Waals surface area contributed by atoms with Crippen LogP contribution in [-0.2, 0) is 4.74 Å². The number of hydrogen-bond donors (Lipinski definition) is 1. The fourth-order valence-electron chi connectivity index (χ4n) is 1.77. The summed E-state index contributed by atoms with van der Waals surface area (Å²) < 4.78 is 5.47. The van der Waals surface area contributed by atoms with Gasteiger partial charge in [0.2, 0.25) is 0 Å². The number of rotatable bonds is 0. The largest absolute Gasteiger partial charge is 0.465 e. The SMILES string of the molecule is O=C(O)N1CC2CCC(C1)O2. The predicted molar refractivity (Wildman–Crippen MR) is 37.5 cm³/mol. The first-order chi connectivity index (χ1) is 5.25. The third-order valence-corrected chi connectivity index (χ3v) is 2.31. The lowest BCUT2D eigenvalue weighted by molar-refractivity contribution is -0.0311. The lowest BCUT2D eigenvalue weighted by Crippen LogP contribution is -2.45. The van der Waals surface area contributed by atoms with E-state index in [0.717, 1.165) is 12.8 Å². The molecule has 2 aliphatic rings. The minimum Gasteiger partial charge on any atom is -0.465 e. The molecule has 2 unspecified atom stereocenters. The van der Waals surface area contributed by atoms with Crippen molar-refractivity contribution in [2.24, 2.45) is 0 Å². The number of amides is 1. The summed E-state index contributed by atoms with van der Waals surface area (Å²) in [6, 6.07) is 0. The van der Waals surface area contributed by atoms with Crippen LogP contribution >= 0.6 is 0 Å². The van der Waals surface area contributed by atoms with Gasteiger partial charge in [-0.1, -0.05) is 0 Å². The summed E-state index contributed by atoms with van der Waals surface area (Å²) in [6.07, 6.45) is 1.57. The number of nitrogens with zero attached hydrogens (tertiary/aromatic N) is 1. The fraction of sp³-hybridized carbons (Fsp3) is 0.857. The highest BCUT2D eigenvalue weighted by Crippen LogP contribution is 2.25. The summed E-state index contributed by atoms with van der Waals surface area (Å²) in [5, 5.41) is 8.67. The Morgan fingerprint density at radius 3 is 2.36 bits per heavy atom. The smallest absolute Gasteiger partial charge is 0.407 e. The molecular formula is C7H11NO3. The number of fused-ring (bicyclic) bond motifs is 2. The molecule has 62 valence electrons. The van der Waals surface area contributed by atoms with Crippen LogP contribution in [0.3, 0.4) is 0 Å². The fourth-order valence-corrected chi connectivity index (χ4v) is 1.77. The number of morpholine rings is 1. The molecule has 2 rings (SSSR count). The third kappa shape index (κ3) is 1.18. The van der Waals surface area contributed by atoms with Gasteiger partial charge in [0, 0.05) is 0 Å². The van der Waals surface area contributed by atoms with Gasteiger partial charge in [-0.15, -0.1) is 0 Å². The predicted octanol–water partition coefficient (Wildman–Crippen LogP) is 0.528. The molecule has 2 heterocycles. The molecule has 2 atom stereocenters. The van der Waals surface area contributed by atoms with E-state index in [2.05, 4.69) is 0 Å². The monoisotopic (exact) mass is 157 g/mol. The van der Waals surface area contributed by atoms with Crippen LogP contribution in [-0.4, -0.2) is 41.4 Å². The van der Waals surface area contributed by atoms with Crippen molar-refractivity contribution in [3.8, 4) is 0 Å². The first-order valence-corrected chi connectivity index (χ1v) is 3.89. The maximum absolute atomic E-state index is 10.5. The third-order valence-electron chi connectivity index (χ3n) is 2.31. The Bertz CT molecular complexity index is 171. The zero-order valence-electron chi connectivity index (χ0n) is 6.19. The minimum atomic E-state index is -0.815. The van der Waals surface area contributed by atoms with E-state index in [-0.39, 0.29) is 12.2 Å². The molecule has 4 nitrogen and oxygen atoms in total. The van der Waals surface area contributed by atoms with Crippen LogP contribution in [0.5, 0.6) is 0 Å². The Morgan fingerprint density at radius 1 is 1.36 bits per heavy atom. The average molecular weight is 157 g/mol. The van der Waals surface area contributed by atoms with E-state index in [0.29, 0.717) is 13.1 Å². The van der Waals surface area contributed by atoms with Crippen molar-refractivity contribution < 1.29 is 14.6 Å². The number of carbonyl (C=O) groups is 1. The molecule has 0 aromatic carbocycles. The topological polar surface area (TPSA) is 49.8 Å². The lowest BCUT2D eigenvalue weighted by Gasteiger charge is -2.29. The van der Waals surface area contributed by atoms with Crippen LogP contribution in [0.4, 0.5) is 4.79 Å². The average Bonchev–Trinajstić information content (AvgIpc) is 2.30. The van der Waals surface area contributed by atoms with Crippen molar-refractivity contribution in [3.05, 3.63) is 0 Å². The van der Waals surface area contributed by atoms with Gasteiger partial charge in [0.15, 0.2) is 0 Å². The normalized spacial score (nSPS) is 35.8. The summed E-state index contributed by atoms with van der Waals surface area (Å²) in [7, 11) is 0. The van der Waals surface area contributed by atoms with E-state index < -0.39 is 6.09 Å². The molecular weight excluding hydrogens is 146 g/mol. The quantitative estimate of drug-likeness (QED) is 0.558. The van der Waals surface area contributed by atoms with Crippen LogP contribution in [0.15, 0.2) is 0 Å². The zero-order valence-corrected chi connectivity index (χ0v) is 6.19. The van der Waals surface area contributed by atoms with Crippen molar-refractivity contribution in [3.63, 3.8) is 0 Å². The van der Waals surface area contributed by atoms with Crippen molar-refractivity contribution in [1.29, 1.82) is 0 Å². The van der Waals surface area contributed by atoms with E-state index >= 15 is 0 Å². The molecule has 0 aliphatic carbocycles. The van der Waals surface area contributed by atoms with Gasteiger partial charge in [0.1, 0.15) is 0 Å². The molecule has 0 radical (unpaired) electrons. The van der Waals surface area contributed by atoms with Gasteiger partial charge in [-0.25, -0.2) is 4.79 Å². The molecule has 2 fully saturated rings. The van der Waals surface area contributed by atoms with E-state index in [4.69, 9.17) is 9.84 Å². The van der Waals surface area contributed by atoms with E-state index in [9.17, 15) is 4.79 Å². The first kappa shape index (κ1) is 6.91. The minimum absolute atomic E-state index is 0.171. The highest BCUT2D eigenvalue weighted by Gasteiger charge is 2.35. The van der Waals surface area contributed by atoms with Crippen LogP contribution in [0, 0.1) is 0 Å². The number of ether oxygens (including phenoxy) is 1. The standard InChI is InChI=1S/C7H11NO3/c9-7(10)8-3-5-1-2-6(4-8)11-5/h5-6H,1-4H2,(H,9,10). The number of likely N-dealkylation sites (tertiary alicyclic amines) is 1. The molecule has 11 heavy (non-hydrogen) atoms. The Balaban J connectivity index is 2.02. The van der Waals surface area contributed by atoms with Gasteiger partial charge < -0.3 is 14.7 Å². The Morgan fingerprint density at radius 2 is 1.91 bits per heavy atom. The molecule has 2 bridgehead atoms. The highest BCUT2D eigenvalue weighted by molar-refractivity contribution is 5.65. The molecule has 0 aromatic heterocycles. The summed E-state index contributed by atoms with van der Waals surface area (Å²) in [4.78, 5) is 12.0. The van der Waals surface area contributed by atoms with Gasteiger partial charge in [-0.05, 0) is 12.8 Å². The van der Waals surface area contributed by atoms with Gasteiger partial charge in [-0.2, -0.15) is 0 Å². The van der Waals surface area contributed by atoms with Gasteiger partial charge >= 0.3 is 6.09 Å². The van der Waals surface area contributed by atoms with Crippen molar-refractivity contribution in [1.82, 2.24) is 4.90 Å². The van der Waals surface area contributed by atoms with Crippen LogP contribution in [0.2, 0.25) is 0 Å². The molecule has 1 amide bonds. The van der Waals surface area contributed by atoms with Crippen molar-refractivity contribution >= 4 is 6.09 Å². The summed E-state index contributed by atoms with van der Waals surface area (Å²) in [6.45, 7) is 1.12. The Hall–Kier alpha value is -0.770. The molecule has 2 aliphatic heterocycles. The van der Waals surface area contributed by atoms with Crippen molar-refractivity contribution in [2.75, 3.05) is 13.1 Å². The Kier molecular flexibility index (Phi) is 1.49. The summed E-state index contributed by atoms with van der Waals surface area (Å²) in [5.41, 5.74) is 0. The van der Waals surface area contributed by atoms with Gasteiger partial charge in [-0.3, -0.25) is 0 Å². The van der Waals surface area contributed by atoms with Gasteiger partial charge in [0.05, 0.1) is 25.3 Å². The zero-order chi connectivity index (χ0) is 7.84. The maximum Gasteiger partial charge on any atom is 0.407 e. The van der Waals surface area contributed by atoms with Crippen molar-refractivity contribution in [2.45, 2.75) is 25.0 Å². The van der Waals surface area contributed by atoms with Gasteiger partial charge in [0.25, 0.3) is 0 Å². The maximum atomic E-state index is 10.5. The Labute approximate surface area is 64.7 Å². The second-order valence-corrected chi connectivity index (χ2v) is 3.15. The van der Waals surface area contributed by atoms with E-state index in [1.165, 1.54) is 4.90 Å².